The molecule has 9 heteroatoms. The first-order chi connectivity index (χ1) is 17.5. The van der Waals surface area contributed by atoms with E-state index in [1.165, 1.54) is 0 Å². The summed E-state index contributed by atoms with van der Waals surface area (Å²) < 4.78 is 0. The Morgan fingerprint density at radius 2 is 1.78 bits per heavy atom. The third kappa shape index (κ3) is 5.12. The maximum Gasteiger partial charge on any atom is 0.256 e. The maximum atomic E-state index is 13.0. The molecule has 3 heterocycles. The van der Waals surface area contributed by atoms with Gasteiger partial charge in [0.1, 0.15) is 0 Å². The van der Waals surface area contributed by atoms with Gasteiger partial charge in [-0.3, -0.25) is 14.7 Å². The molecule has 0 unspecified atom stereocenters. The Labute approximate surface area is 214 Å². The number of fused-ring (bicyclic) bond motifs is 1. The minimum atomic E-state index is -0.244. The van der Waals surface area contributed by atoms with Gasteiger partial charge in [0, 0.05) is 53.3 Å². The number of hydrogen-bond acceptors (Lipinski definition) is 6. The zero-order chi connectivity index (χ0) is 25.1. The molecule has 4 aromatic rings. The van der Waals surface area contributed by atoms with Crippen molar-refractivity contribution in [2.45, 2.75) is 19.4 Å². The number of aromatic nitrogens is 2. The van der Waals surface area contributed by atoms with Crippen molar-refractivity contribution in [1.82, 2.24) is 20.4 Å². The number of nitrogens with one attached hydrogen (secondary N) is 3. The predicted octanol–water partition coefficient (Wildman–Crippen LogP) is 4.51. The number of piperazine rings is 1. The molecule has 3 N–H and O–H groups in total. The SMILES string of the molecule is CC[C@@H](NC(=O)c1ccc2[nH]nc(NC(=O)c3ccc(N4CCN(C)CC4)cc3)c2c1)c1cccs1. The third-order valence-corrected chi connectivity index (χ3v) is 7.64. The molecule has 1 aliphatic rings. The number of amides is 2. The summed E-state index contributed by atoms with van der Waals surface area (Å²) in [6.07, 6.45) is 0.801. The van der Waals surface area contributed by atoms with Gasteiger partial charge in [0.2, 0.25) is 0 Å². The van der Waals surface area contributed by atoms with Crippen molar-refractivity contribution >= 4 is 45.6 Å². The number of carbonyl (C=O) groups excluding carboxylic acids is 2. The molecule has 2 aromatic carbocycles. The summed E-state index contributed by atoms with van der Waals surface area (Å²) in [4.78, 5) is 31.7. The quantitative estimate of drug-likeness (QED) is 0.346. The first-order valence-electron chi connectivity index (χ1n) is 12.2. The summed E-state index contributed by atoms with van der Waals surface area (Å²) in [6.45, 7) is 6.06. The minimum Gasteiger partial charge on any atom is -0.369 e. The van der Waals surface area contributed by atoms with Crippen LogP contribution in [0.4, 0.5) is 11.5 Å². The van der Waals surface area contributed by atoms with Crippen LogP contribution in [0.1, 0.15) is 45.0 Å². The number of anilines is 2. The molecule has 0 bridgehead atoms. The lowest BCUT2D eigenvalue weighted by Gasteiger charge is -2.34. The fraction of sp³-hybridized carbons (Fsp3) is 0.296. The Morgan fingerprint density at radius 3 is 2.47 bits per heavy atom. The van der Waals surface area contributed by atoms with Crippen molar-refractivity contribution in [2.24, 2.45) is 0 Å². The van der Waals surface area contributed by atoms with Crippen molar-refractivity contribution in [3.8, 4) is 0 Å². The molecule has 36 heavy (non-hydrogen) atoms. The van der Waals surface area contributed by atoms with E-state index in [0.717, 1.165) is 48.7 Å². The fourth-order valence-corrected chi connectivity index (χ4v) is 5.29. The molecule has 1 fully saturated rings. The highest BCUT2D eigenvalue weighted by Crippen LogP contribution is 2.25. The Balaban J connectivity index is 1.29. The lowest BCUT2D eigenvalue weighted by atomic mass is 10.1. The van der Waals surface area contributed by atoms with Crippen LogP contribution in [0.2, 0.25) is 0 Å². The average Bonchev–Trinajstić information content (AvgIpc) is 3.58. The lowest BCUT2D eigenvalue weighted by Crippen LogP contribution is -2.44. The van der Waals surface area contributed by atoms with Crippen LogP contribution in [0.15, 0.2) is 60.0 Å². The first kappa shape index (κ1) is 24.0. The first-order valence-corrected chi connectivity index (χ1v) is 13.1. The zero-order valence-corrected chi connectivity index (χ0v) is 21.3. The summed E-state index contributed by atoms with van der Waals surface area (Å²) >= 11 is 1.63. The van der Waals surface area contributed by atoms with Gasteiger partial charge in [0.25, 0.3) is 11.8 Å². The van der Waals surface area contributed by atoms with E-state index in [1.54, 1.807) is 23.5 Å². The molecular formula is C27H30N6O2S. The smallest absolute Gasteiger partial charge is 0.256 e. The molecule has 1 saturated heterocycles. The monoisotopic (exact) mass is 502 g/mol. The number of thiophene rings is 1. The van der Waals surface area contributed by atoms with Gasteiger partial charge in [0.15, 0.2) is 5.82 Å². The van der Waals surface area contributed by atoms with Gasteiger partial charge in [-0.25, -0.2) is 0 Å². The second-order valence-electron chi connectivity index (χ2n) is 9.07. The lowest BCUT2D eigenvalue weighted by molar-refractivity contribution is 0.0935. The van der Waals surface area contributed by atoms with Crippen LogP contribution >= 0.6 is 11.3 Å². The molecule has 1 atom stereocenters. The Morgan fingerprint density at radius 1 is 1.03 bits per heavy atom. The number of rotatable bonds is 7. The molecule has 0 spiro atoms. The van der Waals surface area contributed by atoms with Gasteiger partial charge in [-0.15, -0.1) is 11.3 Å². The van der Waals surface area contributed by atoms with E-state index in [1.807, 2.05) is 47.8 Å². The molecule has 5 rings (SSSR count). The summed E-state index contributed by atoms with van der Waals surface area (Å²) in [7, 11) is 2.13. The molecule has 8 nitrogen and oxygen atoms in total. The number of H-pyrrole nitrogens is 1. The van der Waals surface area contributed by atoms with Gasteiger partial charge in [-0.1, -0.05) is 13.0 Å². The van der Waals surface area contributed by atoms with Crippen molar-refractivity contribution in [1.29, 1.82) is 0 Å². The summed E-state index contributed by atoms with van der Waals surface area (Å²) in [6, 6.07) is 17.0. The number of nitrogens with zero attached hydrogens (tertiary/aromatic N) is 3. The number of hydrogen-bond donors (Lipinski definition) is 3. The van der Waals surface area contributed by atoms with Gasteiger partial charge < -0.3 is 20.4 Å². The molecular weight excluding hydrogens is 472 g/mol. The largest absolute Gasteiger partial charge is 0.369 e. The standard InChI is InChI=1S/C27H30N6O2S/c1-3-22(24-5-4-16-36-24)28-27(35)19-8-11-23-21(17-19)25(31-30-23)29-26(34)18-6-9-20(10-7-18)33-14-12-32(2)13-15-33/h4-11,16-17,22H,3,12-15H2,1-2H3,(H,28,35)(H2,29,30,31,34)/t22-/m1/s1. The summed E-state index contributed by atoms with van der Waals surface area (Å²) in [5.74, 6) is 0.000129. The van der Waals surface area contributed by atoms with Crippen molar-refractivity contribution < 1.29 is 9.59 Å². The van der Waals surface area contributed by atoms with E-state index in [-0.39, 0.29) is 17.9 Å². The molecule has 2 amide bonds. The predicted molar refractivity (Wildman–Crippen MR) is 145 cm³/mol. The topological polar surface area (TPSA) is 93.4 Å². The normalized spacial score (nSPS) is 15.1. The Bertz CT molecular complexity index is 1340. The third-order valence-electron chi connectivity index (χ3n) is 6.66. The van der Waals surface area contributed by atoms with Crippen LogP contribution in [0.5, 0.6) is 0 Å². The Kier molecular flexibility index (Phi) is 7.02. The van der Waals surface area contributed by atoms with Crippen LogP contribution in [-0.2, 0) is 0 Å². The van der Waals surface area contributed by atoms with Crippen molar-refractivity contribution in [2.75, 3.05) is 43.4 Å². The second kappa shape index (κ2) is 10.5. The van der Waals surface area contributed by atoms with Crippen LogP contribution in [0.3, 0.4) is 0 Å². The van der Waals surface area contributed by atoms with Gasteiger partial charge in [-0.05, 0) is 67.4 Å². The number of benzene rings is 2. The molecule has 1 aliphatic heterocycles. The molecule has 0 radical (unpaired) electrons. The molecule has 186 valence electrons. The van der Waals surface area contributed by atoms with E-state index in [2.05, 4.69) is 44.6 Å². The highest BCUT2D eigenvalue weighted by atomic mass is 32.1. The maximum absolute atomic E-state index is 13.0. The van der Waals surface area contributed by atoms with Gasteiger partial charge in [-0.2, -0.15) is 5.10 Å². The summed E-state index contributed by atoms with van der Waals surface area (Å²) in [5.41, 5.74) is 2.94. The average molecular weight is 503 g/mol. The van der Waals surface area contributed by atoms with Crippen molar-refractivity contribution in [3.63, 3.8) is 0 Å². The number of carbonyl (C=O) groups is 2. The van der Waals surface area contributed by atoms with Crippen LogP contribution in [0.25, 0.3) is 10.9 Å². The fourth-order valence-electron chi connectivity index (χ4n) is 4.42. The van der Waals surface area contributed by atoms with Gasteiger partial charge >= 0.3 is 0 Å². The summed E-state index contributed by atoms with van der Waals surface area (Å²) in [5, 5.41) is 15.9. The highest BCUT2D eigenvalue weighted by Gasteiger charge is 2.18. The van der Waals surface area contributed by atoms with E-state index in [4.69, 9.17) is 0 Å². The van der Waals surface area contributed by atoms with E-state index in [9.17, 15) is 9.59 Å². The highest BCUT2D eigenvalue weighted by molar-refractivity contribution is 7.10. The zero-order valence-electron chi connectivity index (χ0n) is 20.5. The minimum absolute atomic E-state index is 0.0365. The van der Waals surface area contributed by atoms with Crippen LogP contribution in [0, 0.1) is 0 Å². The van der Waals surface area contributed by atoms with Crippen LogP contribution in [-0.4, -0.2) is 60.1 Å². The second-order valence-corrected chi connectivity index (χ2v) is 10.1. The molecule has 0 aliphatic carbocycles. The number of likely N-dealkylation sites (N-methyl/N-ethyl adjacent to an activating group) is 1. The van der Waals surface area contributed by atoms with E-state index >= 15 is 0 Å². The van der Waals surface area contributed by atoms with E-state index in [0.29, 0.717) is 22.3 Å². The van der Waals surface area contributed by atoms with Crippen molar-refractivity contribution in [3.05, 3.63) is 76.0 Å². The molecule has 0 saturated carbocycles. The Hall–Kier alpha value is -3.69. The molecule has 2 aromatic heterocycles. The van der Waals surface area contributed by atoms with Gasteiger partial charge in [0.05, 0.1) is 11.6 Å². The van der Waals surface area contributed by atoms with Crippen LogP contribution < -0.4 is 15.5 Å². The number of aromatic amines is 1. The van der Waals surface area contributed by atoms with E-state index < -0.39 is 0 Å².